The van der Waals surface area contributed by atoms with Gasteiger partial charge in [-0.3, -0.25) is 4.90 Å². The maximum Gasteiger partial charge on any atom is 0.329 e. The molecule has 0 radical (unpaired) electrons. The summed E-state index contributed by atoms with van der Waals surface area (Å²) in [4.78, 5) is 14.1. The van der Waals surface area contributed by atoms with E-state index in [4.69, 9.17) is 4.74 Å². The zero-order valence-corrected chi connectivity index (χ0v) is 10.7. The van der Waals surface area contributed by atoms with E-state index in [-0.39, 0.29) is 18.2 Å². The van der Waals surface area contributed by atoms with Crippen molar-refractivity contribution in [3.8, 4) is 0 Å². The molecule has 19 heavy (non-hydrogen) atoms. The van der Waals surface area contributed by atoms with E-state index >= 15 is 0 Å². The minimum absolute atomic E-state index is 0.192. The molecule has 2 atom stereocenters. The van der Waals surface area contributed by atoms with Gasteiger partial charge in [0.15, 0.2) is 6.23 Å². The second-order valence-corrected chi connectivity index (χ2v) is 4.68. The van der Waals surface area contributed by atoms with Crippen molar-refractivity contribution in [2.24, 2.45) is 0 Å². The summed E-state index contributed by atoms with van der Waals surface area (Å²) in [5.41, 5.74) is 1.96. The summed E-state index contributed by atoms with van der Waals surface area (Å²) < 4.78 is 5.51. The van der Waals surface area contributed by atoms with E-state index in [1.54, 1.807) is 0 Å². The Morgan fingerprint density at radius 3 is 2.00 bits per heavy atom. The highest BCUT2D eigenvalue weighted by Gasteiger charge is 2.41. The Hall–Kier alpha value is -2.13. The summed E-state index contributed by atoms with van der Waals surface area (Å²) in [6.45, 7) is 0. The fraction of sp³-hybridized carbons (Fsp3) is 0.188. The monoisotopic (exact) mass is 253 g/mol. The second-order valence-electron chi connectivity index (χ2n) is 4.68. The zero-order valence-electron chi connectivity index (χ0n) is 10.7. The Labute approximate surface area is 112 Å². The molecule has 1 aliphatic rings. The lowest BCUT2D eigenvalue weighted by molar-refractivity contribution is -0.143. The number of ether oxygens (including phenoxy) is 1. The smallest absolute Gasteiger partial charge is 0.329 e. The van der Waals surface area contributed by atoms with Crippen LogP contribution < -0.4 is 0 Å². The summed E-state index contributed by atoms with van der Waals surface area (Å²) >= 11 is 0. The highest BCUT2D eigenvalue weighted by Crippen LogP contribution is 2.37. The van der Waals surface area contributed by atoms with Crippen LogP contribution in [0.1, 0.15) is 23.4 Å². The van der Waals surface area contributed by atoms with Gasteiger partial charge in [-0.15, -0.1) is 0 Å². The maximum absolute atomic E-state index is 12.1. The third-order valence-corrected chi connectivity index (χ3v) is 3.43. The van der Waals surface area contributed by atoms with Crippen LogP contribution in [0.15, 0.2) is 60.7 Å². The van der Waals surface area contributed by atoms with Gasteiger partial charge in [-0.25, -0.2) is 4.79 Å². The molecule has 0 saturated carbocycles. The number of hydrogen-bond donors (Lipinski definition) is 0. The van der Waals surface area contributed by atoms with Crippen LogP contribution in [0.3, 0.4) is 0 Å². The molecule has 0 bridgehead atoms. The lowest BCUT2D eigenvalue weighted by Gasteiger charge is -2.21. The molecule has 0 amide bonds. The first-order chi connectivity index (χ1) is 9.27. The average Bonchev–Trinajstić information content (AvgIpc) is 2.76. The molecule has 0 aromatic heterocycles. The molecule has 3 nitrogen and oxygen atoms in total. The summed E-state index contributed by atoms with van der Waals surface area (Å²) in [5.74, 6) is -0.192. The highest BCUT2D eigenvalue weighted by atomic mass is 16.6. The van der Waals surface area contributed by atoms with Gasteiger partial charge in [0.05, 0.1) is 0 Å². The normalized spacial score (nSPS) is 23.3. The van der Waals surface area contributed by atoms with Crippen LogP contribution in [0.2, 0.25) is 0 Å². The fourth-order valence-corrected chi connectivity index (χ4v) is 2.49. The molecule has 0 aliphatic carbocycles. The van der Waals surface area contributed by atoms with Gasteiger partial charge in [0.2, 0.25) is 0 Å². The van der Waals surface area contributed by atoms with Gasteiger partial charge in [0.25, 0.3) is 0 Å². The van der Waals surface area contributed by atoms with Gasteiger partial charge in [-0.05, 0) is 12.6 Å². The van der Waals surface area contributed by atoms with E-state index < -0.39 is 0 Å². The molecule has 1 saturated heterocycles. The summed E-state index contributed by atoms with van der Waals surface area (Å²) in [5, 5.41) is 0. The van der Waals surface area contributed by atoms with Gasteiger partial charge in [0, 0.05) is 5.56 Å². The van der Waals surface area contributed by atoms with Crippen LogP contribution in [0.5, 0.6) is 0 Å². The first kappa shape index (κ1) is 11.9. The van der Waals surface area contributed by atoms with Crippen molar-refractivity contribution in [2.75, 3.05) is 7.05 Å². The van der Waals surface area contributed by atoms with Gasteiger partial charge in [0.1, 0.15) is 6.04 Å². The zero-order chi connectivity index (χ0) is 13.2. The average molecular weight is 253 g/mol. The lowest BCUT2D eigenvalue weighted by atomic mass is 10.1. The molecule has 3 rings (SSSR count). The third-order valence-electron chi connectivity index (χ3n) is 3.43. The van der Waals surface area contributed by atoms with Crippen molar-refractivity contribution in [3.63, 3.8) is 0 Å². The topological polar surface area (TPSA) is 29.5 Å². The molecule has 1 aliphatic heterocycles. The third kappa shape index (κ3) is 2.13. The molecule has 2 aromatic rings. The van der Waals surface area contributed by atoms with Gasteiger partial charge in [-0.1, -0.05) is 60.7 Å². The van der Waals surface area contributed by atoms with E-state index in [9.17, 15) is 4.79 Å². The first-order valence-corrected chi connectivity index (χ1v) is 6.29. The Morgan fingerprint density at radius 1 is 0.895 bits per heavy atom. The maximum atomic E-state index is 12.1. The quantitative estimate of drug-likeness (QED) is 0.771. The summed E-state index contributed by atoms with van der Waals surface area (Å²) in [6, 6.07) is 19.2. The second kappa shape index (κ2) is 4.86. The minimum Gasteiger partial charge on any atom is -0.441 e. The molecule has 2 aromatic carbocycles. The predicted molar refractivity (Wildman–Crippen MR) is 72.2 cm³/mol. The number of esters is 1. The van der Waals surface area contributed by atoms with Gasteiger partial charge in [-0.2, -0.15) is 0 Å². The number of carbonyl (C=O) groups is 1. The first-order valence-electron chi connectivity index (χ1n) is 6.29. The Bertz CT molecular complexity index is 568. The van der Waals surface area contributed by atoms with E-state index in [0.29, 0.717) is 0 Å². The van der Waals surface area contributed by atoms with E-state index in [1.807, 2.05) is 72.6 Å². The molecule has 1 unspecified atom stereocenters. The molecule has 96 valence electrons. The van der Waals surface area contributed by atoms with Crippen molar-refractivity contribution in [3.05, 3.63) is 71.8 Å². The van der Waals surface area contributed by atoms with Crippen molar-refractivity contribution in [1.29, 1.82) is 0 Å². The van der Waals surface area contributed by atoms with E-state index in [2.05, 4.69) is 0 Å². The summed E-state index contributed by atoms with van der Waals surface area (Å²) in [7, 11) is 1.92. The number of nitrogens with zero attached hydrogens (tertiary/aromatic N) is 1. The van der Waals surface area contributed by atoms with E-state index in [0.717, 1.165) is 11.1 Å². The molecule has 0 spiro atoms. The molecule has 1 fully saturated rings. The van der Waals surface area contributed by atoms with Crippen molar-refractivity contribution in [1.82, 2.24) is 4.90 Å². The number of carbonyl (C=O) groups excluding carboxylic acids is 1. The van der Waals surface area contributed by atoms with Crippen LogP contribution in [-0.2, 0) is 9.53 Å². The Morgan fingerprint density at radius 2 is 1.42 bits per heavy atom. The van der Waals surface area contributed by atoms with Crippen LogP contribution in [0, 0.1) is 0 Å². The largest absolute Gasteiger partial charge is 0.441 e. The lowest BCUT2D eigenvalue weighted by Crippen LogP contribution is -2.23. The molecular weight excluding hydrogens is 238 g/mol. The van der Waals surface area contributed by atoms with Crippen molar-refractivity contribution in [2.45, 2.75) is 12.3 Å². The number of hydrogen-bond acceptors (Lipinski definition) is 3. The van der Waals surface area contributed by atoms with Crippen molar-refractivity contribution < 1.29 is 9.53 Å². The highest BCUT2D eigenvalue weighted by molar-refractivity contribution is 5.79. The number of cyclic esters (lactones) is 1. The SMILES string of the molecule is CN1C(c2ccccc2)OC(=O)[C@@H]1c1ccccc1. The number of likely N-dealkylation sites (N-methyl/N-ethyl adjacent to an activating group) is 1. The van der Waals surface area contributed by atoms with Crippen LogP contribution >= 0.6 is 0 Å². The van der Waals surface area contributed by atoms with Crippen LogP contribution in [-0.4, -0.2) is 17.9 Å². The number of rotatable bonds is 2. The number of benzene rings is 2. The van der Waals surface area contributed by atoms with Crippen LogP contribution in [0.4, 0.5) is 0 Å². The van der Waals surface area contributed by atoms with Crippen LogP contribution in [0.25, 0.3) is 0 Å². The fourth-order valence-electron chi connectivity index (χ4n) is 2.49. The molecule has 3 heteroatoms. The molecule has 0 N–H and O–H groups in total. The summed E-state index contributed by atoms with van der Waals surface area (Å²) in [6.07, 6.45) is -0.307. The molecular formula is C16H15NO2. The predicted octanol–water partition coefficient (Wildman–Crippen LogP) is 2.92. The van der Waals surface area contributed by atoms with Gasteiger partial charge < -0.3 is 4.74 Å². The standard InChI is InChI=1S/C16H15NO2/c1-17-14(12-8-4-2-5-9-12)16(18)19-15(17)13-10-6-3-7-11-13/h2-11,14-15H,1H3/t14-,15?/m0/s1. The minimum atomic E-state index is -0.327. The van der Waals surface area contributed by atoms with E-state index in [1.165, 1.54) is 0 Å². The van der Waals surface area contributed by atoms with Crippen molar-refractivity contribution >= 4 is 5.97 Å². The van der Waals surface area contributed by atoms with Gasteiger partial charge >= 0.3 is 5.97 Å². The Kier molecular flexibility index (Phi) is 3.05. The molecule has 1 heterocycles. The Balaban J connectivity index is 1.92.